The number of hydrogen-bond donors (Lipinski definition) is 1. The first kappa shape index (κ1) is 18.9. The van der Waals surface area contributed by atoms with Crippen LogP contribution in [0.5, 0.6) is 0 Å². The molecule has 27 heavy (non-hydrogen) atoms. The molecule has 1 aliphatic rings. The summed E-state index contributed by atoms with van der Waals surface area (Å²) in [6.45, 7) is 1.19. The highest BCUT2D eigenvalue weighted by molar-refractivity contribution is 5.91. The Balaban J connectivity index is 1.57. The lowest BCUT2D eigenvalue weighted by Crippen LogP contribution is -2.47. The number of hydrogen-bond acceptors (Lipinski definition) is 4. The van der Waals surface area contributed by atoms with Crippen molar-refractivity contribution in [2.24, 2.45) is 0 Å². The van der Waals surface area contributed by atoms with Gasteiger partial charge in [-0.1, -0.05) is 6.07 Å². The summed E-state index contributed by atoms with van der Waals surface area (Å²) in [5.41, 5.74) is -0.0837. The zero-order chi connectivity index (χ0) is 19.3. The van der Waals surface area contributed by atoms with Crippen molar-refractivity contribution in [3.05, 3.63) is 60.1 Å². The fourth-order valence-corrected chi connectivity index (χ4v) is 2.93. The minimum absolute atomic E-state index is 0.0938. The number of rotatable bonds is 4. The standard InChI is InChI=1S/C19H19F3N4O/c20-19(21,22)14-6-8-17(24-12-14)26-11-3-5-16(13-26)25-18(27)9-7-15-4-1-2-10-23-15/h1-2,4,6-10,12,16H,3,5,11,13H2,(H,25,27)/b9-7+/t16-/m0/s1. The second-order valence-electron chi connectivity index (χ2n) is 6.28. The van der Waals surface area contributed by atoms with Gasteiger partial charge in [0.2, 0.25) is 5.91 Å². The number of aromatic nitrogens is 2. The van der Waals surface area contributed by atoms with E-state index in [-0.39, 0.29) is 11.9 Å². The molecule has 0 saturated carbocycles. The molecule has 0 aromatic carbocycles. The van der Waals surface area contributed by atoms with Crippen molar-refractivity contribution < 1.29 is 18.0 Å². The second-order valence-corrected chi connectivity index (χ2v) is 6.28. The van der Waals surface area contributed by atoms with Crippen LogP contribution in [0.15, 0.2) is 48.8 Å². The molecule has 1 fully saturated rings. The molecule has 1 saturated heterocycles. The Kier molecular flexibility index (Phi) is 5.73. The number of nitrogens with zero attached hydrogens (tertiary/aromatic N) is 3. The van der Waals surface area contributed by atoms with Crippen LogP contribution in [0.4, 0.5) is 19.0 Å². The molecule has 0 bridgehead atoms. The van der Waals surface area contributed by atoms with E-state index >= 15 is 0 Å². The Bertz CT molecular complexity index is 791. The van der Waals surface area contributed by atoms with Gasteiger partial charge in [-0.2, -0.15) is 13.2 Å². The third-order valence-electron chi connectivity index (χ3n) is 4.26. The zero-order valence-corrected chi connectivity index (χ0v) is 14.5. The Morgan fingerprint density at radius 2 is 2.07 bits per heavy atom. The molecule has 0 unspecified atom stereocenters. The molecule has 0 spiro atoms. The molecule has 142 valence electrons. The topological polar surface area (TPSA) is 58.1 Å². The van der Waals surface area contributed by atoms with Gasteiger partial charge in [0.1, 0.15) is 5.82 Å². The minimum atomic E-state index is -4.40. The van der Waals surface area contributed by atoms with Gasteiger partial charge in [0, 0.05) is 37.6 Å². The average Bonchev–Trinajstić information content (AvgIpc) is 2.67. The van der Waals surface area contributed by atoms with Crippen molar-refractivity contribution >= 4 is 17.8 Å². The maximum absolute atomic E-state index is 12.7. The molecule has 1 N–H and O–H groups in total. The van der Waals surface area contributed by atoms with E-state index in [1.54, 1.807) is 24.4 Å². The number of piperidine rings is 1. The van der Waals surface area contributed by atoms with E-state index in [9.17, 15) is 18.0 Å². The van der Waals surface area contributed by atoms with Gasteiger partial charge in [-0.15, -0.1) is 0 Å². The Morgan fingerprint density at radius 1 is 1.22 bits per heavy atom. The second kappa shape index (κ2) is 8.20. The number of alkyl halides is 3. The summed E-state index contributed by atoms with van der Waals surface area (Å²) in [7, 11) is 0. The molecule has 3 heterocycles. The van der Waals surface area contributed by atoms with Crippen molar-refractivity contribution in [3.63, 3.8) is 0 Å². The molecule has 8 heteroatoms. The molecule has 1 atom stereocenters. The van der Waals surface area contributed by atoms with Crippen molar-refractivity contribution in [2.45, 2.75) is 25.1 Å². The van der Waals surface area contributed by atoms with Crippen molar-refractivity contribution in [1.82, 2.24) is 15.3 Å². The van der Waals surface area contributed by atoms with Gasteiger partial charge in [-0.05, 0) is 43.2 Å². The van der Waals surface area contributed by atoms with Gasteiger partial charge in [-0.3, -0.25) is 9.78 Å². The molecule has 1 amide bonds. The Labute approximate surface area is 154 Å². The fourth-order valence-electron chi connectivity index (χ4n) is 2.93. The van der Waals surface area contributed by atoms with E-state index in [0.717, 1.165) is 25.1 Å². The van der Waals surface area contributed by atoms with Crippen LogP contribution in [0, 0.1) is 0 Å². The lowest BCUT2D eigenvalue weighted by molar-refractivity contribution is -0.137. The zero-order valence-electron chi connectivity index (χ0n) is 14.5. The van der Waals surface area contributed by atoms with Gasteiger partial charge in [0.05, 0.1) is 11.3 Å². The first-order valence-electron chi connectivity index (χ1n) is 8.59. The summed E-state index contributed by atoms with van der Waals surface area (Å²) in [5, 5.41) is 2.92. The highest BCUT2D eigenvalue weighted by atomic mass is 19.4. The van der Waals surface area contributed by atoms with Crippen LogP contribution in [-0.4, -0.2) is 35.0 Å². The number of amides is 1. The number of carbonyl (C=O) groups excluding carboxylic acids is 1. The monoisotopic (exact) mass is 376 g/mol. The van der Waals surface area contributed by atoms with Gasteiger partial charge in [0.15, 0.2) is 0 Å². The Hall–Kier alpha value is -2.90. The maximum atomic E-state index is 12.7. The van der Waals surface area contributed by atoms with E-state index < -0.39 is 11.7 Å². The third kappa shape index (κ3) is 5.29. The van der Waals surface area contributed by atoms with E-state index in [4.69, 9.17) is 0 Å². The largest absolute Gasteiger partial charge is 0.417 e. The first-order chi connectivity index (χ1) is 12.9. The summed E-state index contributed by atoms with van der Waals surface area (Å²) >= 11 is 0. The van der Waals surface area contributed by atoms with E-state index in [1.165, 1.54) is 12.1 Å². The van der Waals surface area contributed by atoms with Crippen LogP contribution >= 0.6 is 0 Å². The summed E-state index contributed by atoms with van der Waals surface area (Å²) in [4.78, 5) is 22.0. The van der Waals surface area contributed by atoms with E-state index in [2.05, 4.69) is 15.3 Å². The van der Waals surface area contributed by atoms with Crippen molar-refractivity contribution in [3.8, 4) is 0 Å². The van der Waals surface area contributed by atoms with Crippen LogP contribution in [0.3, 0.4) is 0 Å². The molecular weight excluding hydrogens is 357 g/mol. The summed E-state index contributed by atoms with van der Waals surface area (Å²) in [6.07, 6.45) is 2.77. The van der Waals surface area contributed by atoms with Crippen LogP contribution < -0.4 is 10.2 Å². The predicted octanol–water partition coefficient (Wildman–Crippen LogP) is 3.29. The van der Waals surface area contributed by atoms with Gasteiger partial charge < -0.3 is 10.2 Å². The summed E-state index contributed by atoms with van der Waals surface area (Å²) in [6, 6.07) is 7.73. The maximum Gasteiger partial charge on any atom is 0.417 e. The molecular formula is C19H19F3N4O. The number of nitrogens with one attached hydrogen (secondary N) is 1. The SMILES string of the molecule is O=C(/C=C/c1ccccn1)N[C@H]1CCCN(c2ccc(C(F)(F)F)cn2)C1. The Morgan fingerprint density at radius 3 is 2.74 bits per heavy atom. The van der Waals surface area contributed by atoms with E-state index in [1.807, 2.05) is 11.0 Å². The molecule has 2 aromatic rings. The molecule has 0 aliphatic carbocycles. The predicted molar refractivity (Wildman–Crippen MR) is 95.9 cm³/mol. The normalized spacial score (nSPS) is 17.9. The van der Waals surface area contributed by atoms with Crippen molar-refractivity contribution in [2.75, 3.05) is 18.0 Å². The average molecular weight is 376 g/mol. The molecule has 1 aliphatic heterocycles. The minimum Gasteiger partial charge on any atom is -0.355 e. The summed E-state index contributed by atoms with van der Waals surface area (Å²) in [5.74, 6) is 0.249. The quantitative estimate of drug-likeness (QED) is 0.832. The summed E-state index contributed by atoms with van der Waals surface area (Å²) < 4.78 is 38.0. The van der Waals surface area contributed by atoms with Gasteiger partial charge >= 0.3 is 6.18 Å². The highest BCUT2D eigenvalue weighted by Gasteiger charge is 2.31. The number of anilines is 1. The molecule has 5 nitrogen and oxygen atoms in total. The van der Waals surface area contributed by atoms with E-state index in [0.29, 0.717) is 24.6 Å². The van der Waals surface area contributed by atoms with Gasteiger partial charge in [-0.25, -0.2) is 4.98 Å². The first-order valence-corrected chi connectivity index (χ1v) is 8.59. The van der Waals surface area contributed by atoms with Crippen LogP contribution in [-0.2, 0) is 11.0 Å². The molecule has 3 rings (SSSR count). The highest BCUT2D eigenvalue weighted by Crippen LogP contribution is 2.29. The van der Waals surface area contributed by atoms with Crippen molar-refractivity contribution in [1.29, 1.82) is 0 Å². The number of pyridine rings is 2. The fraction of sp³-hybridized carbons (Fsp3) is 0.316. The molecule has 2 aromatic heterocycles. The smallest absolute Gasteiger partial charge is 0.355 e. The lowest BCUT2D eigenvalue weighted by atomic mass is 10.1. The van der Waals surface area contributed by atoms with Crippen LogP contribution in [0.1, 0.15) is 24.1 Å². The number of halogens is 3. The number of carbonyl (C=O) groups is 1. The van der Waals surface area contributed by atoms with Crippen LogP contribution in [0.25, 0.3) is 6.08 Å². The third-order valence-corrected chi connectivity index (χ3v) is 4.26. The van der Waals surface area contributed by atoms with Crippen LogP contribution in [0.2, 0.25) is 0 Å². The molecule has 0 radical (unpaired) electrons. The lowest BCUT2D eigenvalue weighted by Gasteiger charge is -2.33. The van der Waals surface area contributed by atoms with Gasteiger partial charge in [0.25, 0.3) is 0 Å².